The first kappa shape index (κ1) is 18.8. The number of ether oxygens (including phenoxy) is 3. The van der Waals surface area contributed by atoms with E-state index in [1.807, 2.05) is 12.1 Å². The highest BCUT2D eigenvalue weighted by atomic mass is 16.5. The van der Waals surface area contributed by atoms with E-state index in [-0.39, 0.29) is 12.5 Å². The normalized spacial score (nSPS) is 12.0. The van der Waals surface area contributed by atoms with Gasteiger partial charge in [-0.25, -0.2) is 9.97 Å². The molecule has 2 aromatic heterocycles. The minimum Gasteiger partial charge on any atom is -0.493 e. The van der Waals surface area contributed by atoms with Crippen LogP contribution in [0.25, 0.3) is 10.9 Å². The first-order valence-electron chi connectivity index (χ1n) is 8.52. The molecule has 3 rings (SSSR count). The van der Waals surface area contributed by atoms with Crippen LogP contribution in [0.4, 0.5) is 5.82 Å². The summed E-state index contributed by atoms with van der Waals surface area (Å²) in [5, 5.41) is 13.7. The largest absolute Gasteiger partial charge is 0.493 e. The van der Waals surface area contributed by atoms with Gasteiger partial charge in [-0.2, -0.15) is 0 Å². The summed E-state index contributed by atoms with van der Waals surface area (Å²) in [4.78, 5) is 8.67. The second-order valence-electron chi connectivity index (χ2n) is 5.98. The van der Waals surface area contributed by atoms with Crippen LogP contribution in [-0.4, -0.2) is 49.6 Å². The Balaban J connectivity index is 1.90. The van der Waals surface area contributed by atoms with Crippen molar-refractivity contribution in [2.45, 2.75) is 6.42 Å². The van der Waals surface area contributed by atoms with Gasteiger partial charge in [0.1, 0.15) is 23.4 Å². The van der Waals surface area contributed by atoms with Gasteiger partial charge in [-0.05, 0) is 18.2 Å². The molecule has 8 nitrogen and oxygen atoms in total. The second kappa shape index (κ2) is 8.59. The zero-order valence-corrected chi connectivity index (χ0v) is 15.6. The van der Waals surface area contributed by atoms with Crippen LogP contribution in [0.15, 0.2) is 35.2 Å². The molecule has 0 amide bonds. The summed E-state index contributed by atoms with van der Waals surface area (Å²) in [7, 11) is 4.66. The van der Waals surface area contributed by atoms with E-state index in [0.717, 1.165) is 11.1 Å². The Kier molecular flexibility index (Phi) is 5.97. The van der Waals surface area contributed by atoms with Crippen molar-refractivity contribution in [3.8, 4) is 17.2 Å². The van der Waals surface area contributed by atoms with Crippen LogP contribution < -0.4 is 19.5 Å². The maximum atomic E-state index is 9.68. The summed E-state index contributed by atoms with van der Waals surface area (Å²) in [5.74, 6) is 2.90. The van der Waals surface area contributed by atoms with E-state index in [4.69, 9.17) is 18.6 Å². The van der Waals surface area contributed by atoms with Crippen LogP contribution in [0.3, 0.4) is 0 Å². The molecule has 2 heterocycles. The average Bonchev–Trinajstić information content (AvgIpc) is 3.22. The lowest BCUT2D eigenvalue weighted by Gasteiger charge is -2.17. The van der Waals surface area contributed by atoms with Crippen LogP contribution in [0.2, 0.25) is 0 Å². The molecule has 0 radical (unpaired) electrons. The highest BCUT2D eigenvalue weighted by Gasteiger charge is 2.20. The van der Waals surface area contributed by atoms with E-state index in [2.05, 4.69) is 15.3 Å². The van der Waals surface area contributed by atoms with Crippen molar-refractivity contribution >= 4 is 16.7 Å². The molecule has 0 bridgehead atoms. The van der Waals surface area contributed by atoms with E-state index in [1.54, 1.807) is 33.7 Å². The Hall–Kier alpha value is -3.00. The Morgan fingerprint density at radius 2 is 1.96 bits per heavy atom. The number of benzene rings is 1. The fourth-order valence-electron chi connectivity index (χ4n) is 2.96. The fraction of sp³-hybridized carbons (Fsp3) is 0.368. The van der Waals surface area contributed by atoms with Gasteiger partial charge in [0.05, 0.1) is 33.0 Å². The van der Waals surface area contributed by atoms with Crippen molar-refractivity contribution in [1.29, 1.82) is 0 Å². The van der Waals surface area contributed by atoms with Crippen LogP contribution in [-0.2, 0) is 6.42 Å². The third-order valence-corrected chi connectivity index (χ3v) is 4.32. The quantitative estimate of drug-likeness (QED) is 0.590. The monoisotopic (exact) mass is 373 g/mol. The van der Waals surface area contributed by atoms with Gasteiger partial charge in [-0.3, -0.25) is 0 Å². The standard InChI is InChI=1S/C19H23N3O5/c1-24-15-8-14-16(18(26-3)17(15)25-2)21-11-22-19(14)20-9-12(10-23)7-13-5-4-6-27-13/h4-6,8,11-12,23H,7,9-10H2,1-3H3,(H,20,21,22). The molecule has 0 aliphatic heterocycles. The molecular formula is C19H23N3O5. The molecule has 0 aliphatic carbocycles. The van der Waals surface area contributed by atoms with Gasteiger partial charge in [-0.15, -0.1) is 0 Å². The van der Waals surface area contributed by atoms with Crippen LogP contribution >= 0.6 is 0 Å². The van der Waals surface area contributed by atoms with Gasteiger partial charge in [0.25, 0.3) is 0 Å². The van der Waals surface area contributed by atoms with Crippen molar-refractivity contribution < 1.29 is 23.7 Å². The molecule has 8 heteroatoms. The number of methoxy groups -OCH3 is 3. The fourth-order valence-corrected chi connectivity index (χ4v) is 2.96. The maximum absolute atomic E-state index is 9.68. The molecule has 0 fully saturated rings. The predicted molar refractivity (Wildman–Crippen MR) is 101 cm³/mol. The van der Waals surface area contributed by atoms with Crippen LogP contribution in [0.5, 0.6) is 17.2 Å². The molecule has 1 aromatic carbocycles. The first-order chi connectivity index (χ1) is 13.2. The minimum absolute atomic E-state index is 0.0248. The summed E-state index contributed by atoms with van der Waals surface area (Å²) in [6.45, 7) is 0.539. The lowest BCUT2D eigenvalue weighted by molar-refractivity contribution is 0.226. The lowest BCUT2D eigenvalue weighted by Crippen LogP contribution is -2.20. The maximum Gasteiger partial charge on any atom is 0.205 e. The third kappa shape index (κ3) is 3.90. The molecular weight excluding hydrogens is 350 g/mol. The number of rotatable bonds is 9. The molecule has 1 atom stereocenters. The van der Waals surface area contributed by atoms with E-state index in [0.29, 0.717) is 41.5 Å². The van der Waals surface area contributed by atoms with Gasteiger partial charge >= 0.3 is 0 Å². The first-order valence-corrected chi connectivity index (χ1v) is 8.52. The number of aliphatic hydroxyl groups is 1. The second-order valence-corrected chi connectivity index (χ2v) is 5.98. The Labute approximate surface area is 157 Å². The molecule has 0 saturated heterocycles. The molecule has 3 aromatic rings. The average molecular weight is 373 g/mol. The Morgan fingerprint density at radius 1 is 1.15 bits per heavy atom. The van der Waals surface area contributed by atoms with Crippen molar-refractivity contribution in [3.05, 3.63) is 36.5 Å². The number of hydrogen-bond acceptors (Lipinski definition) is 8. The molecule has 144 valence electrons. The predicted octanol–water partition coefficient (Wildman–Crippen LogP) is 2.51. The highest BCUT2D eigenvalue weighted by molar-refractivity contribution is 5.96. The topological polar surface area (TPSA) is 98.9 Å². The van der Waals surface area contributed by atoms with Crippen molar-refractivity contribution in [2.75, 3.05) is 39.8 Å². The number of aliphatic hydroxyl groups excluding tert-OH is 1. The SMILES string of the molecule is COc1cc2c(NCC(CO)Cc3ccco3)ncnc2c(OC)c1OC. The van der Waals surface area contributed by atoms with E-state index < -0.39 is 0 Å². The van der Waals surface area contributed by atoms with Crippen molar-refractivity contribution in [1.82, 2.24) is 9.97 Å². The van der Waals surface area contributed by atoms with Crippen LogP contribution in [0.1, 0.15) is 5.76 Å². The highest BCUT2D eigenvalue weighted by Crippen LogP contribution is 2.43. The zero-order valence-electron chi connectivity index (χ0n) is 15.6. The van der Waals surface area contributed by atoms with Gasteiger partial charge in [-0.1, -0.05) is 0 Å². The number of fused-ring (bicyclic) bond motifs is 1. The number of anilines is 1. The molecule has 1 unspecified atom stereocenters. The number of aromatic nitrogens is 2. The van der Waals surface area contributed by atoms with Gasteiger partial charge in [0.2, 0.25) is 5.75 Å². The van der Waals surface area contributed by atoms with E-state index in [9.17, 15) is 5.11 Å². The Morgan fingerprint density at radius 3 is 2.59 bits per heavy atom. The number of furan rings is 1. The summed E-state index contributed by atoms with van der Waals surface area (Å²) < 4.78 is 21.7. The van der Waals surface area contributed by atoms with Gasteiger partial charge in [0.15, 0.2) is 11.5 Å². The van der Waals surface area contributed by atoms with Gasteiger partial charge in [0, 0.05) is 25.5 Å². The summed E-state index contributed by atoms with van der Waals surface area (Å²) in [6.07, 6.45) is 3.71. The summed E-state index contributed by atoms with van der Waals surface area (Å²) >= 11 is 0. The number of hydrogen-bond donors (Lipinski definition) is 2. The Bertz CT molecular complexity index is 883. The molecule has 2 N–H and O–H groups in total. The summed E-state index contributed by atoms with van der Waals surface area (Å²) in [5.41, 5.74) is 0.610. The number of nitrogens with one attached hydrogen (secondary N) is 1. The molecule has 0 aliphatic rings. The zero-order chi connectivity index (χ0) is 19.2. The molecule has 27 heavy (non-hydrogen) atoms. The summed E-state index contributed by atoms with van der Waals surface area (Å²) in [6, 6.07) is 5.53. The third-order valence-electron chi connectivity index (χ3n) is 4.32. The van der Waals surface area contributed by atoms with E-state index >= 15 is 0 Å². The van der Waals surface area contributed by atoms with Crippen molar-refractivity contribution in [2.24, 2.45) is 5.92 Å². The van der Waals surface area contributed by atoms with Crippen LogP contribution in [0, 0.1) is 5.92 Å². The van der Waals surface area contributed by atoms with Crippen molar-refractivity contribution in [3.63, 3.8) is 0 Å². The minimum atomic E-state index is -0.0248. The number of nitrogens with zero attached hydrogens (tertiary/aromatic N) is 2. The lowest BCUT2D eigenvalue weighted by atomic mass is 10.0. The van der Waals surface area contributed by atoms with Gasteiger partial charge < -0.3 is 29.1 Å². The molecule has 0 saturated carbocycles. The molecule has 0 spiro atoms. The smallest absolute Gasteiger partial charge is 0.205 e. The van der Waals surface area contributed by atoms with E-state index in [1.165, 1.54) is 6.33 Å².